The first kappa shape index (κ1) is 19.6. The zero-order valence-electron chi connectivity index (χ0n) is 16.0. The molecule has 0 spiro atoms. The Hall–Kier alpha value is -4.11. The van der Waals surface area contributed by atoms with Crippen LogP contribution in [0, 0.1) is 25.2 Å². The first-order valence-electron chi connectivity index (χ1n) is 8.91. The molecule has 1 heterocycles. The SMILES string of the molecule is Cc1cccc(NC(=O)/C(C#N)=C\c2cccn2-c2ccc(C(=O)O)cc2)c1C. The molecule has 0 aliphatic heterocycles. The lowest BCUT2D eigenvalue weighted by molar-refractivity contribution is -0.112. The second-order valence-electron chi connectivity index (χ2n) is 6.53. The molecule has 0 bridgehead atoms. The largest absolute Gasteiger partial charge is 0.478 e. The van der Waals surface area contributed by atoms with Crippen molar-refractivity contribution in [3.8, 4) is 11.8 Å². The van der Waals surface area contributed by atoms with E-state index < -0.39 is 11.9 Å². The third-order valence-corrected chi connectivity index (χ3v) is 4.68. The van der Waals surface area contributed by atoms with Gasteiger partial charge in [-0.1, -0.05) is 12.1 Å². The van der Waals surface area contributed by atoms with Crippen molar-refractivity contribution in [2.75, 3.05) is 5.32 Å². The molecule has 0 saturated carbocycles. The maximum Gasteiger partial charge on any atom is 0.335 e. The fraction of sp³-hybridized carbons (Fsp3) is 0.0870. The first-order valence-corrected chi connectivity index (χ1v) is 8.91. The maximum atomic E-state index is 12.6. The van der Waals surface area contributed by atoms with Gasteiger partial charge < -0.3 is 15.0 Å². The molecule has 3 rings (SSSR count). The van der Waals surface area contributed by atoms with Gasteiger partial charge in [-0.25, -0.2) is 4.79 Å². The number of hydrogen-bond acceptors (Lipinski definition) is 3. The standard InChI is InChI=1S/C23H19N3O3/c1-15-5-3-7-21(16(15)2)25-22(27)18(14-24)13-20-6-4-12-26(20)19-10-8-17(9-11-19)23(28)29/h3-13H,1-2H3,(H,25,27)(H,28,29)/b18-13-. The molecule has 144 valence electrons. The van der Waals surface area contributed by atoms with Crippen LogP contribution in [0.1, 0.15) is 27.2 Å². The van der Waals surface area contributed by atoms with E-state index in [-0.39, 0.29) is 11.1 Å². The van der Waals surface area contributed by atoms with Crippen LogP contribution in [0.2, 0.25) is 0 Å². The number of carboxylic acid groups (broad SMARTS) is 1. The van der Waals surface area contributed by atoms with Gasteiger partial charge in [-0.2, -0.15) is 5.26 Å². The number of benzene rings is 2. The van der Waals surface area contributed by atoms with E-state index in [1.54, 1.807) is 41.1 Å². The van der Waals surface area contributed by atoms with E-state index in [2.05, 4.69) is 5.32 Å². The van der Waals surface area contributed by atoms with Gasteiger partial charge in [0.2, 0.25) is 0 Å². The van der Waals surface area contributed by atoms with Gasteiger partial charge in [-0.15, -0.1) is 0 Å². The number of nitrogens with one attached hydrogen (secondary N) is 1. The van der Waals surface area contributed by atoms with Gasteiger partial charge in [0.05, 0.1) is 5.56 Å². The summed E-state index contributed by atoms with van der Waals surface area (Å²) >= 11 is 0. The Labute approximate surface area is 168 Å². The molecule has 2 N–H and O–H groups in total. The molecular formula is C23H19N3O3. The molecule has 0 atom stereocenters. The molecule has 2 aromatic carbocycles. The fourth-order valence-corrected chi connectivity index (χ4v) is 2.88. The van der Waals surface area contributed by atoms with Crippen LogP contribution < -0.4 is 5.32 Å². The number of carbonyl (C=O) groups is 2. The Kier molecular flexibility index (Phi) is 5.61. The topological polar surface area (TPSA) is 95.1 Å². The number of nitriles is 1. The van der Waals surface area contributed by atoms with Crippen molar-refractivity contribution in [1.29, 1.82) is 5.26 Å². The number of anilines is 1. The van der Waals surface area contributed by atoms with E-state index >= 15 is 0 Å². The molecule has 0 unspecified atom stereocenters. The minimum atomic E-state index is -1.00. The summed E-state index contributed by atoms with van der Waals surface area (Å²) in [5.41, 5.74) is 4.15. The van der Waals surface area contributed by atoms with Gasteiger partial charge in [0.25, 0.3) is 5.91 Å². The first-order chi connectivity index (χ1) is 13.9. The summed E-state index contributed by atoms with van der Waals surface area (Å²) in [6.07, 6.45) is 3.28. The van der Waals surface area contributed by atoms with Gasteiger partial charge in [0, 0.05) is 23.3 Å². The predicted octanol–water partition coefficient (Wildman–Crippen LogP) is 4.34. The lowest BCUT2D eigenvalue weighted by atomic mass is 10.1. The molecule has 6 heteroatoms. The Morgan fingerprint density at radius 1 is 1.07 bits per heavy atom. The van der Waals surface area contributed by atoms with Crippen molar-refractivity contribution in [3.05, 3.63) is 88.8 Å². The summed E-state index contributed by atoms with van der Waals surface area (Å²) in [5.74, 6) is -1.49. The molecule has 0 aliphatic carbocycles. The molecular weight excluding hydrogens is 366 g/mol. The maximum absolute atomic E-state index is 12.6. The summed E-state index contributed by atoms with van der Waals surface area (Å²) in [7, 11) is 0. The monoisotopic (exact) mass is 385 g/mol. The summed E-state index contributed by atoms with van der Waals surface area (Å²) < 4.78 is 1.77. The van der Waals surface area contributed by atoms with E-state index in [0.29, 0.717) is 11.4 Å². The van der Waals surface area contributed by atoms with Gasteiger partial charge in [-0.3, -0.25) is 4.79 Å². The molecule has 0 radical (unpaired) electrons. The number of aromatic nitrogens is 1. The molecule has 6 nitrogen and oxygen atoms in total. The smallest absolute Gasteiger partial charge is 0.335 e. The van der Waals surface area contributed by atoms with Crippen molar-refractivity contribution >= 4 is 23.6 Å². The minimum Gasteiger partial charge on any atom is -0.478 e. The van der Waals surface area contributed by atoms with Crippen molar-refractivity contribution in [2.45, 2.75) is 13.8 Å². The normalized spacial score (nSPS) is 11.0. The van der Waals surface area contributed by atoms with E-state index in [9.17, 15) is 14.9 Å². The number of nitrogens with zero attached hydrogens (tertiary/aromatic N) is 2. The Bertz CT molecular complexity index is 1150. The Morgan fingerprint density at radius 2 is 1.79 bits per heavy atom. The highest BCUT2D eigenvalue weighted by Crippen LogP contribution is 2.20. The van der Waals surface area contributed by atoms with Gasteiger partial charge in [0.1, 0.15) is 11.6 Å². The van der Waals surface area contributed by atoms with Crippen LogP contribution >= 0.6 is 0 Å². The number of carboxylic acids is 1. The third-order valence-electron chi connectivity index (χ3n) is 4.68. The average molecular weight is 385 g/mol. The van der Waals surface area contributed by atoms with Gasteiger partial charge in [-0.05, 0) is 73.5 Å². The molecule has 0 aliphatic rings. The van der Waals surface area contributed by atoms with E-state index in [0.717, 1.165) is 16.8 Å². The van der Waals surface area contributed by atoms with Crippen molar-refractivity contribution in [3.63, 3.8) is 0 Å². The summed E-state index contributed by atoms with van der Waals surface area (Å²) in [4.78, 5) is 23.6. The highest BCUT2D eigenvalue weighted by atomic mass is 16.4. The number of aryl methyl sites for hydroxylation is 1. The second kappa shape index (κ2) is 8.28. The fourth-order valence-electron chi connectivity index (χ4n) is 2.88. The average Bonchev–Trinajstić information content (AvgIpc) is 3.17. The number of aromatic carboxylic acids is 1. The lowest BCUT2D eigenvalue weighted by Crippen LogP contribution is -2.14. The molecule has 0 fully saturated rings. The third kappa shape index (κ3) is 4.25. The number of hydrogen-bond donors (Lipinski definition) is 2. The van der Waals surface area contributed by atoms with Crippen LogP contribution in [-0.2, 0) is 4.79 Å². The van der Waals surface area contributed by atoms with Crippen molar-refractivity contribution in [1.82, 2.24) is 4.57 Å². The van der Waals surface area contributed by atoms with E-state index in [1.165, 1.54) is 18.2 Å². The minimum absolute atomic E-state index is 0.0342. The second-order valence-corrected chi connectivity index (χ2v) is 6.53. The summed E-state index contributed by atoms with van der Waals surface area (Å²) in [5, 5.41) is 21.3. The quantitative estimate of drug-likeness (QED) is 0.504. The highest BCUT2D eigenvalue weighted by Gasteiger charge is 2.13. The number of amides is 1. The lowest BCUT2D eigenvalue weighted by Gasteiger charge is -2.10. The van der Waals surface area contributed by atoms with Gasteiger partial charge >= 0.3 is 5.97 Å². The van der Waals surface area contributed by atoms with E-state index in [4.69, 9.17) is 5.11 Å². The molecule has 0 saturated heterocycles. The van der Waals surface area contributed by atoms with Crippen LogP contribution in [0.3, 0.4) is 0 Å². The number of carbonyl (C=O) groups excluding carboxylic acids is 1. The highest BCUT2D eigenvalue weighted by molar-refractivity contribution is 6.10. The predicted molar refractivity (Wildman–Crippen MR) is 111 cm³/mol. The summed E-state index contributed by atoms with van der Waals surface area (Å²) in [6.45, 7) is 3.86. The van der Waals surface area contributed by atoms with Crippen LogP contribution in [0.5, 0.6) is 0 Å². The van der Waals surface area contributed by atoms with E-state index in [1.807, 2.05) is 32.0 Å². The van der Waals surface area contributed by atoms with Crippen LogP contribution in [-0.4, -0.2) is 21.6 Å². The Balaban J connectivity index is 1.89. The van der Waals surface area contributed by atoms with Crippen LogP contribution in [0.25, 0.3) is 11.8 Å². The van der Waals surface area contributed by atoms with Crippen LogP contribution in [0.4, 0.5) is 5.69 Å². The van der Waals surface area contributed by atoms with Crippen LogP contribution in [0.15, 0.2) is 66.4 Å². The molecule has 29 heavy (non-hydrogen) atoms. The zero-order chi connectivity index (χ0) is 21.0. The summed E-state index contributed by atoms with van der Waals surface area (Å²) in [6, 6.07) is 17.5. The molecule has 1 aromatic heterocycles. The number of rotatable bonds is 5. The Morgan fingerprint density at radius 3 is 2.45 bits per heavy atom. The molecule has 3 aromatic rings. The van der Waals surface area contributed by atoms with Gasteiger partial charge in [0.15, 0.2) is 0 Å². The molecule has 1 amide bonds. The van der Waals surface area contributed by atoms with Crippen molar-refractivity contribution < 1.29 is 14.7 Å². The van der Waals surface area contributed by atoms with Crippen molar-refractivity contribution in [2.24, 2.45) is 0 Å². The zero-order valence-corrected chi connectivity index (χ0v) is 16.0.